The Balaban J connectivity index is 1.41. The molecular formula is C21H20FN3O3. The highest BCUT2D eigenvalue weighted by Crippen LogP contribution is 2.25. The van der Waals surface area contributed by atoms with Crippen LogP contribution >= 0.6 is 0 Å². The van der Waals surface area contributed by atoms with Crippen molar-refractivity contribution in [3.05, 3.63) is 60.0 Å². The fourth-order valence-corrected chi connectivity index (χ4v) is 3.53. The van der Waals surface area contributed by atoms with Gasteiger partial charge in [0.15, 0.2) is 0 Å². The monoisotopic (exact) mass is 381 g/mol. The smallest absolute Gasteiger partial charge is 0.251 e. The zero-order valence-electron chi connectivity index (χ0n) is 15.4. The fraction of sp³-hybridized carbons (Fsp3) is 0.238. The second kappa shape index (κ2) is 7.44. The normalized spacial score (nSPS) is 16.9. The number of benzene rings is 2. The molecule has 7 heteroatoms. The van der Waals surface area contributed by atoms with E-state index in [1.54, 1.807) is 7.11 Å². The van der Waals surface area contributed by atoms with Gasteiger partial charge in [0, 0.05) is 23.6 Å². The van der Waals surface area contributed by atoms with Crippen LogP contribution in [0.4, 0.5) is 10.1 Å². The van der Waals surface area contributed by atoms with Gasteiger partial charge in [-0.2, -0.15) is 0 Å². The fourth-order valence-electron chi connectivity index (χ4n) is 3.53. The van der Waals surface area contributed by atoms with E-state index in [1.165, 1.54) is 24.3 Å². The van der Waals surface area contributed by atoms with Gasteiger partial charge < -0.3 is 15.0 Å². The minimum atomic E-state index is -0.572. The van der Waals surface area contributed by atoms with E-state index in [0.717, 1.165) is 27.1 Å². The molecule has 2 amide bonds. The van der Waals surface area contributed by atoms with E-state index in [2.05, 4.69) is 10.3 Å². The summed E-state index contributed by atoms with van der Waals surface area (Å²) in [5, 5.41) is 4.25. The number of amides is 2. The number of ether oxygens (including phenoxy) is 1. The summed E-state index contributed by atoms with van der Waals surface area (Å²) >= 11 is 0. The van der Waals surface area contributed by atoms with Crippen LogP contribution in [0.5, 0.6) is 5.75 Å². The maximum Gasteiger partial charge on any atom is 0.251 e. The number of fused-ring (bicyclic) bond motifs is 1. The van der Waals surface area contributed by atoms with Gasteiger partial charge in [-0.3, -0.25) is 9.59 Å². The van der Waals surface area contributed by atoms with Crippen molar-refractivity contribution in [2.75, 3.05) is 18.6 Å². The van der Waals surface area contributed by atoms with Crippen molar-refractivity contribution in [3.8, 4) is 5.75 Å². The lowest BCUT2D eigenvalue weighted by molar-refractivity contribution is -0.121. The first-order valence-electron chi connectivity index (χ1n) is 9.06. The van der Waals surface area contributed by atoms with Gasteiger partial charge in [0.05, 0.1) is 25.3 Å². The van der Waals surface area contributed by atoms with E-state index < -0.39 is 11.9 Å². The lowest BCUT2D eigenvalue weighted by Crippen LogP contribution is -2.39. The lowest BCUT2D eigenvalue weighted by atomic mass is 10.1. The molecule has 0 saturated carbocycles. The molecule has 2 heterocycles. The maximum absolute atomic E-state index is 13.1. The van der Waals surface area contributed by atoms with Gasteiger partial charge in [0.2, 0.25) is 5.91 Å². The average molecular weight is 381 g/mol. The number of carbonyl (C=O) groups is 2. The highest BCUT2D eigenvalue weighted by molar-refractivity contribution is 6.22. The number of rotatable bonds is 6. The number of imide groups is 1. The molecule has 0 spiro atoms. The zero-order chi connectivity index (χ0) is 19.7. The number of carbonyl (C=O) groups excluding carboxylic acids is 2. The Morgan fingerprint density at radius 2 is 2.00 bits per heavy atom. The second-order valence-corrected chi connectivity index (χ2v) is 6.73. The van der Waals surface area contributed by atoms with E-state index in [0.29, 0.717) is 18.7 Å². The molecular weight excluding hydrogens is 361 g/mol. The number of hydrogen-bond acceptors (Lipinski definition) is 4. The number of nitrogens with zero attached hydrogens (tertiary/aromatic N) is 1. The predicted molar refractivity (Wildman–Crippen MR) is 104 cm³/mol. The number of aromatic amines is 1. The minimum absolute atomic E-state index is 0.0952. The largest absolute Gasteiger partial charge is 0.497 e. The first-order valence-corrected chi connectivity index (χ1v) is 9.06. The number of H-pyrrole nitrogens is 1. The number of nitrogens with one attached hydrogen (secondary N) is 2. The highest BCUT2D eigenvalue weighted by atomic mass is 19.1. The van der Waals surface area contributed by atoms with Gasteiger partial charge in [0.25, 0.3) is 5.91 Å². The molecule has 2 N–H and O–H groups in total. The summed E-state index contributed by atoms with van der Waals surface area (Å²) in [6.45, 7) is 0.547. The first-order chi connectivity index (χ1) is 13.6. The first kappa shape index (κ1) is 18.2. The molecule has 3 aromatic rings. The molecule has 0 radical (unpaired) electrons. The summed E-state index contributed by atoms with van der Waals surface area (Å²) in [6, 6.07) is 10.6. The number of methoxy groups -OCH3 is 1. The van der Waals surface area contributed by atoms with E-state index in [9.17, 15) is 14.0 Å². The molecule has 1 saturated heterocycles. The Kier molecular flexibility index (Phi) is 4.83. The third-order valence-corrected chi connectivity index (χ3v) is 4.99. The van der Waals surface area contributed by atoms with E-state index in [4.69, 9.17) is 4.74 Å². The van der Waals surface area contributed by atoms with Gasteiger partial charge in [0.1, 0.15) is 11.6 Å². The Bertz CT molecular complexity index is 1030. The standard InChI is InChI=1S/C21H20FN3O3/c1-28-16-6-7-18-17(10-16)13(12-24-18)8-9-23-19-11-20(26)25(21(19)27)15-4-2-14(22)3-5-15/h2-7,10,12,19,23-24H,8-9,11H2,1H3. The van der Waals surface area contributed by atoms with Crippen LogP contribution in [0.1, 0.15) is 12.0 Å². The van der Waals surface area contributed by atoms with Gasteiger partial charge in [-0.25, -0.2) is 9.29 Å². The van der Waals surface area contributed by atoms with Crippen molar-refractivity contribution in [2.24, 2.45) is 0 Å². The third kappa shape index (κ3) is 3.36. The van der Waals surface area contributed by atoms with E-state index >= 15 is 0 Å². The quantitative estimate of drug-likeness (QED) is 0.644. The van der Waals surface area contributed by atoms with Crippen molar-refractivity contribution >= 4 is 28.4 Å². The van der Waals surface area contributed by atoms with E-state index in [-0.39, 0.29) is 18.2 Å². The SMILES string of the molecule is COc1ccc2[nH]cc(CCNC3CC(=O)N(c4ccc(F)cc4)C3=O)c2c1. The van der Waals surface area contributed by atoms with Gasteiger partial charge in [-0.15, -0.1) is 0 Å². The van der Waals surface area contributed by atoms with Crippen LogP contribution in [-0.2, 0) is 16.0 Å². The molecule has 1 aromatic heterocycles. The Morgan fingerprint density at radius 1 is 1.21 bits per heavy atom. The topological polar surface area (TPSA) is 74.4 Å². The third-order valence-electron chi connectivity index (χ3n) is 4.99. The molecule has 28 heavy (non-hydrogen) atoms. The van der Waals surface area contributed by atoms with Crippen molar-refractivity contribution in [3.63, 3.8) is 0 Å². The van der Waals surface area contributed by atoms with Gasteiger partial charge in [-0.05, 0) is 54.4 Å². The molecule has 1 fully saturated rings. The molecule has 1 aliphatic heterocycles. The van der Waals surface area contributed by atoms with Crippen molar-refractivity contribution in [1.29, 1.82) is 0 Å². The van der Waals surface area contributed by atoms with Crippen LogP contribution in [0.25, 0.3) is 10.9 Å². The number of anilines is 1. The van der Waals surface area contributed by atoms with Crippen molar-refractivity contribution in [2.45, 2.75) is 18.9 Å². The summed E-state index contributed by atoms with van der Waals surface area (Å²) in [5.74, 6) is -0.219. The predicted octanol–water partition coefficient (Wildman–Crippen LogP) is 2.78. The molecule has 1 unspecified atom stereocenters. The molecule has 0 aliphatic carbocycles. The minimum Gasteiger partial charge on any atom is -0.497 e. The molecule has 2 aromatic carbocycles. The highest BCUT2D eigenvalue weighted by Gasteiger charge is 2.39. The summed E-state index contributed by atoms with van der Waals surface area (Å²) in [4.78, 5) is 29.2. The summed E-state index contributed by atoms with van der Waals surface area (Å²) < 4.78 is 18.4. The molecule has 6 nitrogen and oxygen atoms in total. The maximum atomic E-state index is 13.1. The number of halogens is 1. The molecule has 4 rings (SSSR count). The van der Waals surface area contributed by atoms with Crippen LogP contribution in [0, 0.1) is 5.82 Å². The van der Waals surface area contributed by atoms with Crippen LogP contribution in [0.3, 0.4) is 0 Å². The Hall–Kier alpha value is -3.19. The second-order valence-electron chi connectivity index (χ2n) is 6.73. The zero-order valence-corrected chi connectivity index (χ0v) is 15.4. The van der Waals surface area contributed by atoms with Crippen LogP contribution in [-0.4, -0.2) is 36.5 Å². The molecule has 1 atom stereocenters. The number of aromatic nitrogens is 1. The Morgan fingerprint density at radius 3 is 2.75 bits per heavy atom. The van der Waals surface area contributed by atoms with Gasteiger partial charge in [-0.1, -0.05) is 0 Å². The molecule has 1 aliphatic rings. The van der Waals surface area contributed by atoms with Crippen molar-refractivity contribution < 1.29 is 18.7 Å². The van der Waals surface area contributed by atoms with Crippen LogP contribution in [0.2, 0.25) is 0 Å². The van der Waals surface area contributed by atoms with Crippen LogP contribution in [0.15, 0.2) is 48.7 Å². The number of hydrogen-bond donors (Lipinski definition) is 2. The summed E-state index contributed by atoms with van der Waals surface area (Å²) in [5.41, 5.74) is 2.52. The van der Waals surface area contributed by atoms with Crippen LogP contribution < -0.4 is 15.0 Å². The average Bonchev–Trinajstić information content (AvgIpc) is 3.23. The summed E-state index contributed by atoms with van der Waals surface area (Å²) in [6.07, 6.45) is 2.73. The molecule has 0 bridgehead atoms. The van der Waals surface area contributed by atoms with Crippen molar-refractivity contribution in [1.82, 2.24) is 10.3 Å². The molecule has 144 valence electrons. The lowest BCUT2D eigenvalue weighted by Gasteiger charge is -2.15. The van der Waals surface area contributed by atoms with E-state index in [1.807, 2.05) is 24.4 Å². The van der Waals surface area contributed by atoms with Gasteiger partial charge >= 0.3 is 0 Å². The Labute approximate surface area is 161 Å². The summed E-state index contributed by atoms with van der Waals surface area (Å²) in [7, 11) is 1.63.